The Morgan fingerprint density at radius 2 is 1.64 bits per heavy atom. The molecule has 11 heavy (non-hydrogen) atoms. The topological polar surface area (TPSA) is 20.2 Å². The van der Waals surface area contributed by atoms with Crippen molar-refractivity contribution in [2.24, 2.45) is 0 Å². The van der Waals surface area contributed by atoms with Crippen molar-refractivity contribution < 1.29 is 5.11 Å². The molecule has 0 spiro atoms. The molecule has 0 atom stereocenters. The van der Waals surface area contributed by atoms with E-state index in [0.717, 1.165) is 19.3 Å². The van der Waals surface area contributed by atoms with Crippen molar-refractivity contribution in [3.05, 3.63) is 12.2 Å². The monoisotopic (exact) mass is 156 g/mol. The number of aliphatic hydroxyl groups is 1. The molecule has 0 bridgehead atoms. The predicted octanol–water partition coefficient (Wildman–Crippen LogP) is 2.90. The maximum Gasteiger partial charge on any atom is 0.0431 e. The van der Waals surface area contributed by atoms with Gasteiger partial charge in [0.05, 0.1) is 0 Å². The number of unbranched alkanes of at least 4 members (excludes halogenated alkanes) is 4. The van der Waals surface area contributed by atoms with E-state index >= 15 is 0 Å². The van der Waals surface area contributed by atoms with E-state index in [9.17, 15) is 0 Å². The van der Waals surface area contributed by atoms with Crippen molar-refractivity contribution >= 4 is 0 Å². The number of aliphatic hydroxyl groups excluding tert-OH is 1. The Hall–Kier alpha value is -0.300. The molecule has 0 heterocycles. The molecule has 0 radical (unpaired) electrons. The summed E-state index contributed by atoms with van der Waals surface area (Å²) in [6, 6.07) is 0. The van der Waals surface area contributed by atoms with E-state index in [-0.39, 0.29) is 0 Å². The van der Waals surface area contributed by atoms with Crippen molar-refractivity contribution in [2.75, 3.05) is 6.61 Å². The summed E-state index contributed by atoms with van der Waals surface area (Å²) >= 11 is 0. The van der Waals surface area contributed by atoms with E-state index in [2.05, 4.69) is 19.1 Å². The van der Waals surface area contributed by atoms with Crippen LogP contribution in [0.25, 0.3) is 0 Å². The molecule has 0 aromatic carbocycles. The maximum atomic E-state index is 8.48. The molecule has 0 aliphatic carbocycles. The van der Waals surface area contributed by atoms with Crippen LogP contribution in [0.4, 0.5) is 0 Å². The van der Waals surface area contributed by atoms with Gasteiger partial charge in [-0.15, -0.1) is 0 Å². The second-order valence-corrected chi connectivity index (χ2v) is 2.83. The normalized spacial score (nSPS) is 11.1. The largest absolute Gasteiger partial charge is 0.396 e. The Morgan fingerprint density at radius 3 is 2.18 bits per heavy atom. The van der Waals surface area contributed by atoms with Crippen LogP contribution in [0.15, 0.2) is 12.2 Å². The van der Waals surface area contributed by atoms with E-state index in [1.807, 2.05) is 0 Å². The standard InChI is InChI=1S/C10H20O/c1-2-3-4-5-6-7-8-9-10-11/h5-6,11H,2-4,7-10H2,1H3/b6-5+. The minimum atomic E-state index is 0.336. The lowest BCUT2D eigenvalue weighted by atomic mass is 10.2. The van der Waals surface area contributed by atoms with Crippen LogP contribution in [-0.4, -0.2) is 11.7 Å². The molecule has 0 aromatic heterocycles. The van der Waals surface area contributed by atoms with Crippen molar-refractivity contribution in [1.82, 2.24) is 0 Å². The summed E-state index contributed by atoms with van der Waals surface area (Å²) in [6.07, 6.45) is 11.5. The Labute approximate surface area is 70.1 Å². The molecular formula is C10H20O. The third-order valence-corrected chi connectivity index (χ3v) is 1.67. The Morgan fingerprint density at radius 1 is 1.00 bits per heavy atom. The minimum Gasteiger partial charge on any atom is -0.396 e. The van der Waals surface area contributed by atoms with Crippen molar-refractivity contribution in [3.8, 4) is 0 Å². The average Bonchev–Trinajstić information content (AvgIpc) is 2.03. The SMILES string of the molecule is CCCC/C=C/CCCCO. The number of hydrogen-bond acceptors (Lipinski definition) is 1. The molecule has 1 N–H and O–H groups in total. The zero-order valence-electron chi connectivity index (χ0n) is 7.55. The van der Waals surface area contributed by atoms with Gasteiger partial charge in [0, 0.05) is 6.61 Å². The van der Waals surface area contributed by atoms with Gasteiger partial charge in [0.2, 0.25) is 0 Å². The Kier molecular flexibility index (Phi) is 9.44. The zero-order valence-corrected chi connectivity index (χ0v) is 7.55. The van der Waals surface area contributed by atoms with E-state index in [1.165, 1.54) is 19.3 Å². The first-order chi connectivity index (χ1) is 5.41. The molecule has 1 nitrogen and oxygen atoms in total. The summed E-state index contributed by atoms with van der Waals surface area (Å²) in [5.41, 5.74) is 0. The molecule has 0 unspecified atom stereocenters. The highest BCUT2D eigenvalue weighted by atomic mass is 16.2. The summed E-state index contributed by atoms with van der Waals surface area (Å²) in [7, 11) is 0. The van der Waals surface area contributed by atoms with Gasteiger partial charge in [0.1, 0.15) is 0 Å². The summed E-state index contributed by atoms with van der Waals surface area (Å²) in [5.74, 6) is 0. The summed E-state index contributed by atoms with van der Waals surface area (Å²) in [5, 5.41) is 8.48. The average molecular weight is 156 g/mol. The highest BCUT2D eigenvalue weighted by Crippen LogP contribution is 1.99. The molecule has 0 saturated heterocycles. The van der Waals surface area contributed by atoms with Gasteiger partial charge in [-0.25, -0.2) is 0 Å². The summed E-state index contributed by atoms with van der Waals surface area (Å²) < 4.78 is 0. The molecule has 0 amide bonds. The Balaban J connectivity index is 2.91. The van der Waals surface area contributed by atoms with Gasteiger partial charge >= 0.3 is 0 Å². The minimum absolute atomic E-state index is 0.336. The van der Waals surface area contributed by atoms with Crippen molar-refractivity contribution in [3.63, 3.8) is 0 Å². The van der Waals surface area contributed by atoms with Crippen LogP contribution < -0.4 is 0 Å². The lowest BCUT2D eigenvalue weighted by molar-refractivity contribution is 0.285. The van der Waals surface area contributed by atoms with Crippen LogP contribution in [0, 0.1) is 0 Å². The molecule has 1 heteroatoms. The van der Waals surface area contributed by atoms with Crippen molar-refractivity contribution in [1.29, 1.82) is 0 Å². The molecule has 0 aliphatic heterocycles. The fourth-order valence-corrected chi connectivity index (χ4v) is 0.932. The second kappa shape index (κ2) is 9.70. The van der Waals surface area contributed by atoms with Crippen molar-refractivity contribution in [2.45, 2.75) is 45.4 Å². The van der Waals surface area contributed by atoms with E-state index in [0.29, 0.717) is 6.61 Å². The summed E-state index contributed by atoms with van der Waals surface area (Å²) in [6.45, 7) is 2.54. The quantitative estimate of drug-likeness (QED) is 0.444. The number of allylic oxidation sites excluding steroid dienone is 2. The fraction of sp³-hybridized carbons (Fsp3) is 0.800. The zero-order chi connectivity index (χ0) is 8.36. The van der Waals surface area contributed by atoms with E-state index in [4.69, 9.17) is 5.11 Å². The highest BCUT2D eigenvalue weighted by Gasteiger charge is 1.82. The predicted molar refractivity (Wildman–Crippen MR) is 49.6 cm³/mol. The van der Waals surface area contributed by atoms with Crippen LogP contribution in [0.3, 0.4) is 0 Å². The van der Waals surface area contributed by atoms with Gasteiger partial charge in [-0.05, 0) is 25.7 Å². The highest BCUT2D eigenvalue weighted by molar-refractivity contribution is 4.80. The van der Waals surface area contributed by atoms with Crippen LogP contribution in [0.2, 0.25) is 0 Å². The lowest BCUT2D eigenvalue weighted by Gasteiger charge is -1.91. The third kappa shape index (κ3) is 9.70. The van der Waals surface area contributed by atoms with Gasteiger partial charge in [0.25, 0.3) is 0 Å². The Bertz CT molecular complexity index is 86.9. The molecule has 0 saturated carbocycles. The molecule has 0 aliphatic rings. The molecule has 0 rings (SSSR count). The van der Waals surface area contributed by atoms with E-state index in [1.54, 1.807) is 0 Å². The molecule has 0 fully saturated rings. The van der Waals surface area contributed by atoms with Crippen LogP contribution in [-0.2, 0) is 0 Å². The summed E-state index contributed by atoms with van der Waals surface area (Å²) in [4.78, 5) is 0. The number of rotatable bonds is 7. The van der Waals surface area contributed by atoms with Gasteiger partial charge in [-0.1, -0.05) is 31.9 Å². The number of hydrogen-bond donors (Lipinski definition) is 1. The van der Waals surface area contributed by atoms with Crippen LogP contribution >= 0.6 is 0 Å². The third-order valence-electron chi connectivity index (χ3n) is 1.67. The lowest BCUT2D eigenvalue weighted by Crippen LogP contribution is -1.80. The van der Waals surface area contributed by atoms with Crippen LogP contribution in [0.1, 0.15) is 45.4 Å². The van der Waals surface area contributed by atoms with Gasteiger partial charge < -0.3 is 5.11 Å². The first kappa shape index (κ1) is 10.7. The first-order valence-corrected chi connectivity index (χ1v) is 4.67. The second-order valence-electron chi connectivity index (χ2n) is 2.83. The first-order valence-electron chi connectivity index (χ1n) is 4.67. The maximum absolute atomic E-state index is 8.48. The van der Waals surface area contributed by atoms with Crippen LogP contribution in [0.5, 0.6) is 0 Å². The van der Waals surface area contributed by atoms with Gasteiger partial charge in [-0.3, -0.25) is 0 Å². The molecular weight excluding hydrogens is 136 g/mol. The molecule has 0 aromatic rings. The van der Waals surface area contributed by atoms with Gasteiger partial charge in [0.15, 0.2) is 0 Å². The fourth-order valence-electron chi connectivity index (χ4n) is 0.932. The van der Waals surface area contributed by atoms with Gasteiger partial charge in [-0.2, -0.15) is 0 Å². The molecule has 66 valence electrons. The smallest absolute Gasteiger partial charge is 0.0431 e. The van der Waals surface area contributed by atoms with E-state index < -0.39 is 0 Å².